The van der Waals surface area contributed by atoms with Gasteiger partial charge in [0.1, 0.15) is 0 Å². The zero-order chi connectivity index (χ0) is 12.6. The molecule has 2 aromatic rings. The Kier molecular flexibility index (Phi) is 3.02. The van der Waals surface area contributed by atoms with Gasteiger partial charge in [0, 0.05) is 12.4 Å². The third-order valence-electron chi connectivity index (χ3n) is 2.73. The number of methoxy groups -OCH3 is 1. The molecule has 0 bridgehead atoms. The lowest BCUT2D eigenvalue weighted by atomic mass is 10.1. The first-order chi connectivity index (χ1) is 8.10. The van der Waals surface area contributed by atoms with Crippen LogP contribution in [0.3, 0.4) is 0 Å². The van der Waals surface area contributed by atoms with Crippen molar-refractivity contribution in [2.75, 3.05) is 7.11 Å². The lowest BCUT2D eigenvalue weighted by Crippen LogP contribution is -2.10. The molecule has 5 nitrogen and oxygen atoms in total. The third kappa shape index (κ3) is 1.76. The Morgan fingerprint density at radius 3 is 2.88 bits per heavy atom. The standard InChI is InChI=1S/C11H12ClN3O2/c1-6-7-5-13-15(2)10(7)14-8(4-12)9(6)11(16)17-3/h5H,4H2,1-3H3. The summed E-state index contributed by atoms with van der Waals surface area (Å²) in [5.74, 6) is -0.261. The van der Waals surface area contributed by atoms with Crippen LogP contribution in [0, 0.1) is 6.92 Å². The summed E-state index contributed by atoms with van der Waals surface area (Å²) < 4.78 is 6.40. The fourth-order valence-corrected chi connectivity index (χ4v) is 2.03. The van der Waals surface area contributed by atoms with E-state index in [9.17, 15) is 4.79 Å². The second-order valence-electron chi connectivity index (χ2n) is 3.69. The number of nitrogens with zero attached hydrogens (tertiary/aromatic N) is 3. The Hall–Kier alpha value is -1.62. The second-order valence-corrected chi connectivity index (χ2v) is 3.96. The van der Waals surface area contributed by atoms with Gasteiger partial charge in [-0.1, -0.05) is 0 Å². The molecule has 0 radical (unpaired) electrons. The maximum absolute atomic E-state index is 11.7. The number of carbonyl (C=O) groups is 1. The number of pyridine rings is 1. The number of alkyl halides is 1. The van der Waals surface area contributed by atoms with E-state index in [-0.39, 0.29) is 5.88 Å². The Balaban J connectivity index is 2.82. The monoisotopic (exact) mass is 253 g/mol. The minimum atomic E-state index is -0.420. The first kappa shape index (κ1) is 11.9. The van der Waals surface area contributed by atoms with Crippen LogP contribution in [0.1, 0.15) is 21.6 Å². The van der Waals surface area contributed by atoms with E-state index < -0.39 is 5.97 Å². The number of hydrogen-bond donors (Lipinski definition) is 0. The number of esters is 1. The van der Waals surface area contributed by atoms with Crippen molar-refractivity contribution in [3.8, 4) is 0 Å². The van der Waals surface area contributed by atoms with Crippen LogP contribution in [0.5, 0.6) is 0 Å². The molecule has 2 aromatic heterocycles. The first-order valence-corrected chi connectivity index (χ1v) is 5.59. The molecule has 0 saturated heterocycles. The zero-order valence-electron chi connectivity index (χ0n) is 9.82. The van der Waals surface area contributed by atoms with Crippen LogP contribution in [-0.4, -0.2) is 27.8 Å². The summed E-state index contributed by atoms with van der Waals surface area (Å²) in [7, 11) is 3.14. The van der Waals surface area contributed by atoms with Crippen LogP contribution >= 0.6 is 11.6 Å². The minimum Gasteiger partial charge on any atom is -0.465 e. The van der Waals surface area contributed by atoms with Crippen molar-refractivity contribution in [1.82, 2.24) is 14.8 Å². The lowest BCUT2D eigenvalue weighted by Gasteiger charge is -2.09. The molecule has 0 aromatic carbocycles. The number of carbonyl (C=O) groups excluding carboxylic acids is 1. The van der Waals surface area contributed by atoms with Crippen molar-refractivity contribution < 1.29 is 9.53 Å². The highest BCUT2D eigenvalue weighted by atomic mass is 35.5. The molecular formula is C11H12ClN3O2. The number of aryl methyl sites for hydroxylation is 2. The van der Waals surface area contributed by atoms with Crippen molar-refractivity contribution in [3.05, 3.63) is 23.0 Å². The number of rotatable bonds is 2. The molecule has 0 aliphatic rings. The quantitative estimate of drug-likeness (QED) is 0.605. The van der Waals surface area contributed by atoms with E-state index in [2.05, 4.69) is 10.1 Å². The van der Waals surface area contributed by atoms with Gasteiger partial charge in [0.15, 0.2) is 5.65 Å². The van der Waals surface area contributed by atoms with Crippen molar-refractivity contribution in [2.45, 2.75) is 12.8 Å². The Labute approximate surface area is 103 Å². The average molecular weight is 254 g/mol. The molecule has 90 valence electrons. The number of halogens is 1. The Morgan fingerprint density at radius 2 is 2.29 bits per heavy atom. The van der Waals surface area contributed by atoms with Gasteiger partial charge >= 0.3 is 5.97 Å². The van der Waals surface area contributed by atoms with Crippen LogP contribution in [-0.2, 0) is 17.7 Å². The van der Waals surface area contributed by atoms with Crippen LogP contribution in [0.25, 0.3) is 11.0 Å². The maximum atomic E-state index is 11.7. The van der Waals surface area contributed by atoms with E-state index in [0.29, 0.717) is 16.9 Å². The highest BCUT2D eigenvalue weighted by molar-refractivity contribution is 6.17. The molecule has 0 aliphatic heterocycles. The van der Waals surface area contributed by atoms with Crippen LogP contribution in [0.2, 0.25) is 0 Å². The Bertz CT molecular complexity index is 592. The lowest BCUT2D eigenvalue weighted by molar-refractivity contribution is 0.0598. The fourth-order valence-electron chi connectivity index (χ4n) is 1.83. The van der Waals surface area contributed by atoms with Crippen LogP contribution < -0.4 is 0 Å². The van der Waals surface area contributed by atoms with Crippen molar-refractivity contribution >= 4 is 28.6 Å². The normalized spacial score (nSPS) is 10.8. The van der Waals surface area contributed by atoms with Crippen molar-refractivity contribution in [2.24, 2.45) is 7.05 Å². The van der Waals surface area contributed by atoms with Gasteiger partial charge in [0.25, 0.3) is 0 Å². The van der Waals surface area contributed by atoms with E-state index in [1.54, 1.807) is 17.9 Å². The van der Waals surface area contributed by atoms with Gasteiger partial charge in [0.05, 0.1) is 30.4 Å². The maximum Gasteiger partial charge on any atom is 0.340 e. The number of aromatic nitrogens is 3. The largest absolute Gasteiger partial charge is 0.465 e. The molecule has 0 saturated carbocycles. The number of fused-ring (bicyclic) bond motifs is 1. The van der Waals surface area contributed by atoms with Crippen molar-refractivity contribution in [3.63, 3.8) is 0 Å². The highest BCUT2D eigenvalue weighted by Gasteiger charge is 2.20. The van der Waals surface area contributed by atoms with Crippen molar-refractivity contribution in [1.29, 1.82) is 0 Å². The van der Waals surface area contributed by atoms with Gasteiger partial charge in [-0.25, -0.2) is 9.78 Å². The fraction of sp³-hybridized carbons (Fsp3) is 0.364. The molecule has 0 unspecified atom stereocenters. The SMILES string of the molecule is COC(=O)c1c(CCl)nc2c(cnn2C)c1C. The van der Waals surface area contributed by atoms with Gasteiger partial charge < -0.3 is 4.74 Å². The predicted molar refractivity (Wildman–Crippen MR) is 64.1 cm³/mol. The predicted octanol–water partition coefficient (Wildman–Crippen LogP) is 1.80. The molecule has 0 aliphatic carbocycles. The molecule has 6 heteroatoms. The van der Waals surface area contributed by atoms with E-state index in [0.717, 1.165) is 10.9 Å². The molecular weight excluding hydrogens is 242 g/mol. The Morgan fingerprint density at radius 1 is 1.59 bits per heavy atom. The molecule has 0 atom stereocenters. The number of hydrogen-bond acceptors (Lipinski definition) is 4. The summed E-state index contributed by atoms with van der Waals surface area (Å²) in [6, 6.07) is 0. The second kappa shape index (κ2) is 4.33. The number of ether oxygens (including phenoxy) is 1. The summed E-state index contributed by atoms with van der Waals surface area (Å²) in [5.41, 5.74) is 2.46. The highest BCUT2D eigenvalue weighted by Crippen LogP contribution is 2.24. The van der Waals surface area contributed by atoms with Gasteiger partial charge in [-0.3, -0.25) is 4.68 Å². The third-order valence-corrected chi connectivity index (χ3v) is 2.99. The molecule has 2 rings (SSSR count). The summed E-state index contributed by atoms with van der Waals surface area (Å²) in [4.78, 5) is 16.1. The first-order valence-electron chi connectivity index (χ1n) is 5.05. The molecule has 0 spiro atoms. The summed E-state index contributed by atoms with van der Waals surface area (Å²) in [6.07, 6.45) is 1.68. The summed E-state index contributed by atoms with van der Waals surface area (Å²) in [6.45, 7) is 1.84. The summed E-state index contributed by atoms with van der Waals surface area (Å²) in [5, 5.41) is 4.95. The zero-order valence-corrected chi connectivity index (χ0v) is 10.6. The average Bonchev–Trinajstić information content (AvgIpc) is 2.70. The van der Waals surface area contributed by atoms with Gasteiger partial charge in [-0.15, -0.1) is 11.6 Å². The molecule has 0 amide bonds. The van der Waals surface area contributed by atoms with E-state index >= 15 is 0 Å². The van der Waals surface area contributed by atoms with Crippen LogP contribution in [0.4, 0.5) is 0 Å². The molecule has 0 fully saturated rings. The topological polar surface area (TPSA) is 57.0 Å². The van der Waals surface area contributed by atoms with E-state index in [4.69, 9.17) is 16.3 Å². The van der Waals surface area contributed by atoms with Gasteiger partial charge in [-0.2, -0.15) is 5.10 Å². The van der Waals surface area contributed by atoms with E-state index in [1.807, 2.05) is 6.92 Å². The summed E-state index contributed by atoms with van der Waals surface area (Å²) >= 11 is 5.82. The van der Waals surface area contributed by atoms with Gasteiger partial charge in [0.2, 0.25) is 0 Å². The smallest absolute Gasteiger partial charge is 0.340 e. The molecule has 0 N–H and O–H groups in total. The van der Waals surface area contributed by atoms with Crippen LogP contribution in [0.15, 0.2) is 6.20 Å². The van der Waals surface area contributed by atoms with E-state index in [1.165, 1.54) is 7.11 Å². The molecule has 17 heavy (non-hydrogen) atoms. The molecule has 2 heterocycles. The minimum absolute atomic E-state index is 0.159. The van der Waals surface area contributed by atoms with Gasteiger partial charge in [-0.05, 0) is 12.5 Å².